The summed E-state index contributed by atoms with van der Waals surface area (Å²) in [5.41, 5.74) is 1.01. The van der Waals surface area contributed by atoms with E-state index in [-0.39, 0.29) is 5.60 Å². The van der Waals surface area contributed by atoms with E-state index in [9.17, 15) is 0 Å². The van der Waals surface area contributed by atoms with Crippen molar-refractivity contribution in [3.05, 3.63) is 28.2 Å². The molecule has 1 nitrogen and oxygen atoms in total. The fourth-order valence-corrected chi connectivity index (χ4v) is 1.60. The molecule has 13 heavy (non-hydrogen) atoms. The van der Waals surface area contributed by atoms with Crippen molar-refractivity contribution in [2.24, 2.45) is 0 Å². The van der Waals surface area contributed by atoms with Crippen LogP contribution in [0.5, 0.6) is 5.75 Å². The van der Waals surface area contributed by atoms with Gasteiger partial charge in [0.25, 0.3) is 0 Å². The molecule has 1 rings (SSSR count). The van der Waals surface area contributed by atoms with Gasteiger partial charge in [-0.05, 0) is 55.3 Å². The van der Waals surface area contributed by atoms with E-state index in [0.717, 1.165) is 15.8 Å². The molecule has 0 aromatic heterocycles. The molecular weight excluding hydrogens is 228 g/mol. The maximum absolute atomic E-state index is 5.82. The Labute approximate surface area is 88.2 Å². The maximum atomic E-state index is 5.82. The Hall–Kier alpha value is -0.500. The first-order valence-corrected chi connectivity index (χ1v) is 5.13. The molecular formula is C11H15BrO. The topological polar surface area (TPSA) is 9.23 Å². The third-order valence-corrected chi connectivity index (χ3v) is 2.20. The molecule has 2 heteroatoms. The molecule has 0 aliphatic rings. The van der Waals surface area contributed by atoms with Gasteiger partial charge in [0.15, 0.2) is 0 Å². The van der Waals surface area contributed by atoms with Gasteiger partial charge in [-0.1, -0.05) is 12.1 Å². The Morgan fingerprint density at radius 2 is 1.85 bits per heavy atom. The van der Waals surface area contributed by atoms with Crippen LogP contribution in [0.25, 0.3) is 0 Å². The molecule has 0 fully saturated rings. The zero-order valence-corrected chi connectivity index (χ0v) is 10.1. The van der Waals surface area contributed by atoms with Gasteiger partial charge in [0.2, 0.25) is 0 Å². The summed E-state index contributed by atoms with van der Waals surface area (Å²) in [6.45, 7) is 8.19. The molecule has 0 unspecified atom stereocenters. The summed E-state index contributed by atoms with van der Waals surface area (Å²) in [4.78, 5) is 0. The molecule has 1 aromatic carbocycles. The molecule has 0 heterocycles. The second-order valence-electron chi connectivity index (χ2n) is 4.10. The lowest BCUT2D eigenvalue weighted by atomic mass is 10.1. The van der Waals surface area contributed by atoms with E-state index in [1.165, 1.54) is 0 Å². The predicted octanol–water partition coefficient (Wildman–Crippen LogP) is 3.93. The number of halogens is 1. The molecule has 72 valence electrons. The van der Waals surface area contributed by atoms with E-state index in [1.807, 2.05) is 45.9 Å². The molecule has 0 N–H and O–H groups in total. The number of rotatable bonds is 1. The predicted molar refractivity (Wildman–Crippen MR) is 59.3 cm³/mol. The molecule has 0 aliphatic heterocycles. The highest BCUT2D eigenvalue weighted by atomic mass is 79.9. The van der Waals surface area contributed by atoms with Gasteiger partial charge in [-0.3, -0.25) is 0 Å². The SMILES string of the molecule is Cc1cccc(Br)c1OC(C)(C)C. The first-order valence-electron chi connectivity index (χ1n) is 4.34. The van der Waals surface area contributed by atoms with Crippen LogP contribution in [0, 0.1) is 6.92 Å². The average Bonchev–Trinajstić information content (AvgIpc) is 1.95. The number of hydrogen-bond acceptors (Lipinski definition) is 1. The Morgan fingerprint density at radius 3 is 2.31 bits per heavy atom. The molecule has 0 saturated heterocycles. The molecule has 0 aliphatic carbocycles. The van der Waals surface area contributed by atoms with Crippen molar-refractivity contribution in [2.45, 2.75) is 33.3 Å². The third-order valence-electron chi connectivity index (χ3n) is 1.57. The largest absolute Gasteiger partial charge is 0.487 e. The normalized spacial score (nSPS) is 11.5. The number of aryl methyl sites for hydroxylation is 1. The summed E-state index contributed by atoms with van der Waals surface area (Å²) in [6.07, 6.45) is 0. The molecule has 0 atom stereocenters. The van der Waals surface area contributed by atoms with Crippen molar-refractivity contribution in [1.82, 2.24) is 0 Å². The molecule has 1 aromatic rings. The Kier molecular flexibility index (Phi) is 3.01. The molecule has 0 amide bonds. The summed E-state index contributed by atoms with van der Waals surface area (Å²) < 4.78 is 6.83. The van der Waals surface area contributed by atoms with Crippen LogP contribution < -0.4 is 4.74 Å². The zero-order chi connectivity index (χ0) is 10.1. The van der Waals surface area contributed by atoms with Gasteiger partial charge < -0.3 is 4.74 Å². The van der Waals surface area contributed by atoms with Gasteiger partial charge >= 0.3 is 0 Å². The number of benzene rings is 1. The summed E-state index contributed by atoms with van der Waals surface area (Å²) in [6, 6.07) is 6.05. The summed E-state index contributed by atoms with van der Waals surface area (Å²) >= 11 is 3.47. The van der Waals surface area contributed by atoms with Gasteiger partial charge in [0.1, 0.15) is 11.4 Å². The third kappa shape index (κ3) is 3.03. The van der Waals surface area contributed by atoms with E-state index in [4.69, 9.17) is 4.74 Å². The van der Waals surface area contributed by atoms with E-state index in [0.29, 0.717) is 0 Å². The summed E-state index contributed by atoms with van der Waals surface area (Å²) in [5, 5.41) is 0. The fraction of sp³-hybridized carbons (Fsp3) is 0.455. The fourth-order valence-electron chi connectivity index (χ4n) is 1.05. The van der Waals surface area contributed by atoms with Gasteiger partial charge in [0.05, 0.1) is 4.47 Å². The van der Waals surface area contributed by atoms with Gasteiger partial charge in [-0.25, -0.2) is 0 Å². The molecule has 0 spiro atoms. The summed E-state index contributed by atoms with van der Waals surface area (Å²) in [5.74, 6) is 0.940. The van der Waals surface area contributed by atoms with Gasteiger partial charge in [0, 0.05) is 0 Å². The lowest BCUT2D eigenvalue weighted by molar-refractivity contribution is 0.128. The Bertz CT molecular complexity index is 279. The standard InChI is InChI=1S/C11H15BrO/c1-8-6-5-7-9(12)10(8)13-11(2,3)4/h5-7H,1-4H3. The van der Waals surface area contributed by atoms with Crippen LogP contribution in [0.4, 0.5) is 0 Å². The van der Waals surface area contributed by atoms with E-state index in [1.54, 1.807) is 0 Å². The first kappa shape index (κ1) is 10.6. The lowest BCUT2D eigenvalue weighted by Gasteiger charge is -2.23. The quantitative estimate of drug-likeness (QED) is 0.726. The molecule has 0 bridgehead atoms. The van der Waals surface area contributed by atoms with Crippen molar-refractivity contribution >= 4 is 15.9 Å². The van der Waals surface area contributed by atoms with Crippen LogP contribution in [0.3, 0.4) is 0 Å². The van der Waals surface area contributed by atoms with Crippen LogP contribution in [-0.2, 0) is 0 Å². The van der Waals surface area contributed by atoms with Crippen LogP contribution >= 0.6 is 15.9 Å². The number of para-hydroxylation sites is 1. The molecule has 0 radical (unpaired) electrons. The van der Waals surface area contributed by atoms with Crippen molar-refractivity contribution in [3.8, 4) is 5.75 Å². The van der Waals surface area contributed by atoms with Crippen LogP contribution in [0.15, 0.2) is 22.7 Å². The van der Waals surface area contributed by atoms with Crippen LogP contribution in [-0.4, -0.2) is 5.60 Å². The second kappa shape index (κ2) is 3.70. The zero-order valence-electron chi connectivity index (χ0n) is 8.52. The van der Waals surface area contributed by atoms with Gasteiger partial charge in [-0.15, -0.1) is 0 Å². The first-order chi connectivity index (χ1) is 5.90. The highest BCUT2D eigenvalue weighted by Crippen LogP contribution is 2.31. The van der Waals surface area contributed by atoms with E-state index in [2.05, 4.69) is 15.9 Å². The van der Waals surface area contributed by atoms with E-state index < -0.39 is 0 Å². The maximum Gasteiger partial charge on any atom is 0.137 e. The highest BCUT2D eigenvalue weighted by molar-refractivity contribution is 9.10. The lowest BCUT2D eigenvalue weighted by Crippen LogP contribution is -2.23. The van der Waals surface area contributed by atoms with E-state index >= 15 is 0 Å². The minimum absolute atomic E-state index is 0.144. The van der Waals surface area contributed by atoms with Crippen molar-refractivity contribution in [2.75, 3.05) is 0 Å². The summed E-state index contributed by atoms with van der Waals surface area (Å²) in [7, 11) is 0. The van der Waals surface area contributed by atoms with Crippen molar-refractivity contribution in [3.63, 3.8) is 0 Å². The highest BCUT2D eigenvalue weighted by Gasteiger charge is 2.15. The van der Waals surface area contributed by atoms with Crippen molar-refractivity contribution < 1.29 is 4.74 Å². The Balaban J connectivity index is 3.00. The second-order valence-corrected chi connectivity index (χ2v) is 4.95. The average molecular weight is 243 g/mol. The van der Waals surface area contributed by atoms with Crippen molar-refractivity contribution in [1.29, 1.82) is 0 Å². The van der Waals surface area contributed by atoms with Gasteiger partial charge in [-0.2, -0.15) is 0 Å². The Morgan fingerprint density at radius 1 is 1.23 bits per heavy atom. The number of hydrogen-bond donors (Lipinski definition) is 0. The smallest absolute Gasteiger partial charge is 0.137 e. The monoisotopic (exact) mass is 242 g/mol. The van der Waals surface area contributed by atoms with Crippen LogP contribution in [0.1, 0.15) is 26.3 Å². The number of ether oxygens (including phenoxy) is 1. The molecule has 0 saturated carbocycles. The van der Waals surface area contributed by atoms with Crippen LogP contribution in [0.2, 0.25) is 0 Å². The minimum Gasteiger partial charge on any atom is -0.487 e. The minimum atomic E-state index is -0.144.